The maximum Gasteiger partial charge on any atom is 0.255 e. The van der Waals surface area contributed by atoms with Crippen LogP contribution >= 0.6 is 0 Å². The lowest BCUT2D eigenvalue weighted by Gasteiger charge is -2.32. The van der Waals surface area contributed by atoms with Gasteiger partial charge in [-0.1, -0.05) is 67.6 Å². The molecule has 0 aliphatic heterocycles. The van der Waals surface area contributed by atoms with Gasteiger partial charge >= 0.3 is 0 Å². The summed E-state index contributed by atoms with van der Waals surface area (Å²) in [5, 5.41) is 11.1. The van der Waals surface area contributed by atoms with Gasteiger partial charge in [-0.2, -0.15) is 0 Å². The molecule has 0 aliphatic rings. The van der Waals surface area contributed by atoms with Crippen LogP contribution in [0.3, 0.4) is 0 Å². The molecule has 0 aromatic heterocycles. The van der Waals surface area contributed by atoms with Crippen molar-refractivity contribution < 1.29 is 9.90 Å². The molecule has 2 aromatic carbocycles. The van der Waals surface area contributed by atoms with E-state index >= 15 is 0 Å². The summed E-state index contributed by atoms with van der Waals surface area (Å²) in [6.45, 7) is 2.28. The smallest absolute Gasteiger partial charge is 0.255 e. The van der Waals surface area contributed by atoms with E-state index in [0.717, 1.165) is 23.2 Å². The quantitative estimate of drug-likeness (QED) is 0.796. The van der Waals surface area contributed by atoms with E-state index in [1.165, 1.54) is 0 Å². The minimum Gasteiger partial charge on any atom is -0.424 e. The SMILES string of the molecule is CC(CCCO)[Si](O)(c1ccccc1)c1ccccc1. The van der Waals surface area contributed by atoms with Crippen molar-refractivity contribution >= 4 is 18.7 Å². The van der Waals surface area contributed by atoms with E-state index in [0.29, 0.717) is 0 Å². The van der Waals surface area contributed by atoms with E-state index in [9.17, 15) is 4.80 Å². The van der Waals surface area contributed by atoms with Gasteiger partial charge in [0.2, 0.25) is 0 Å². The standard InChI is InChI=1S/C17H22O2Si/c1-15(9-8-14-18)20(19,16-10-4-2-5-11-16)17-12-6-3-7-13-17/h2-7,10-13,15,18-19H,8-9,14H2,1H3. The second-order valence-electron chi connectivity index (χ2n) is 5.27. The van der Waals surface area contributed by atoms with Crippen LogP contribution in [0.2, 0.25) is 5.54 Å². The average molecular weight is 286 g/mol. The Morgan fingerprint density at radius 2 is 1.35 bits per heavy atom. The Balaban J connectivity index is 2.43. The lowest BCUT2D eigenvalue weighted by Crippen LogP contribution is -2.61. The molecule has 3 heteroatoms. The van der Waals surface area contributed by atoms with E-state index in [4.69, 9.17) is 5.11 Å². The van der Waals surface area contributed by atoms with Gasteiger partial charge in [0, 0.05) is 6.61 Å². The highest BCUT2D eigenvalue weighted by Gasteiger charge is 2.40. The molecule has 0 bridgehead atoms. The highest BCUT2D eigenvalue weighted by atomic mass is 28.4. The molecule has 0 saturated heterocycles. The first-order valence-corrected chi connectivity index (χ1v) is 9.16. The van der Waals surface area contributed by atoms with Gasteiger partial charge in [0.25, 0.3) is 8.32 Å². The molecule has 0 saturated carbocycles. The highest BCUT2D eigenvalue weighted by molar-refractivity contribution is 6.97. The minimum atomic E-state index is -2.75. The molecule has 2 rings (SSSR count). The van der Waals surface area contributed by atoms with Gasteiger partial charge in [-0.3, -0.25) is 0 Å². The van der Waals surface area contributed by atoms with Crippen LogP contribution in [-0.2, 0) is 0 Å². The van der Waals surface area contributed by atoms with Crippen molar-refractivity contribution in [2.75, 3.05) is 6.61 Å². The highest BCUT2D eigenvalue weighted by Crippen LogP contribution is 2.24. The molecule has 0 aliphatic carbocycles. The monoisotopic (exact) mass is 286 g/mol. The fourth-order valence-electron chi connectivity index (χ4n) is 2.73. The van der Waals surface area contributed by atoms with Gasteiger partial charge in [-0.15, -0.1) is 0 Å². The molecule has 0 heterocycles. The molecule has 2 aromatic rings. The number of aliphatic hydroxyl groups excluding tert-OH is 1. The Bertz CT molecular complexity index is 474. The summed E-state index contributed by atoms with van der Waals surface area (Å²) >= 11 is 0. The van der Waals surface area contributed by atoms with Crippen LogP contribution in [0.5, 0.6) is 0 Å². The predicted octanol–water partition coefficient (Wildman–Crippen LogP) is 1.90. The third-order valence-electron chi connectivity index (χ3n) is 3.94. The molecule has 0 radical (unpaired) electrons. The van der Waals surface area contributed by atoms with Gasteiger partial charge in [0.1, 0.15) is 0 Å². The van der Waals surface area contributed by atoms with Crippen LogP contribution in [0, 0.1) is 0 Å². The molecule has 2 N–H and O–H groups in total. The van der Waals surface area contributed by atoms with E-state index in [2.05, 4.69) is 6.92 Å². The zero-order valence-corrected chi connectivity index (χ0v) is 12.9. The van der Waals surface area contributed by atoms with Gasteiger partial charge < -0.3 is 9.90 Å². The average Bonchev–Trinajstić information content (AvgIpc) is 2.53. The lowest BCUT2D eigenvalue weighted by molar-refractivity contribution is 0.282. The predicted molar refractivity (Wildman–Crippen MR) is 85.9 cm³/mol. The Morgan fingerprint density at radius 1 is 0.900 bits per heavy atom. The number of hydrogen-bond acceptors (Lipinski definition) is 2. The van der Waals surface area contributed by atoms with E-state index in [-0.39, 0.29) is 12.1 Å². The zero-order chi connectivity index (χ0) is 14.4. The van der Waals surface area contributed by atoms with Crippen molar-refractivity contribution in [2.45, 2.75) is 25.3 Å². The van der Waals surface area contributed by atoms with E-state index in [1.807, 2.05) is 60.7 Å². The maximum absolute atomic E-state index is 11.5. The summed E-state index contributed by atoms with van der Waals surface area (Å²) in [6, 6.07) is 20.0. The molecule has 0 amide bonds. The van der Waals surface area contributed by atoms with Crippen LogP contribution in [0.25, 0.3) is 0 Å². The first kappa shape index (κ1) is 15.0. The van der Waals surface area contributed by atoms with Gasteiger partial charge in [-0.25, -0.2) is 0 Å². The van der Waals surface area contributed by atoms with Crippen molar-refractivity contribution in [1.82, 2.24) is 0 Å². The first-order valence-electron chi connectivity index (χ1n) is 7.14. The summed E-state index contributed by atoms with van der Waals surface area (Å²) < 4.78 is 0. The number of aliphatic hydroxyl groups is 1. The van der Waals surface area contributed by atoms with E-state index < -0.39 is 8.32 Å². The second-order valence-corrected chi connectivity index (χ2v) is 8.94. The summed E-state index contributed by atoms with van der Waals surface area (Å²) in [6.07, 6.45) is 1.57. The van der Waals surface area contributed by atoms with Crippen molar-refractivity contribution in [1.29, 1.82) is 0 Å². The molecule has 0 fully saturated rings. The summed E-state index contributed by atoms with van der Waals surface area (Å²) in [7, 11) is -2.75. The largest absolute Gasteiger partial charge is 0.424 e. The lowest BCUT2D eigenvalue weighted by atomic mass is 10.2. The van der Waals surface area contributed by atoms with Crippen molar-refractivity contribution in [3.05, 3.63) is 60.7 Å². The van der Waals surface area contributed by atoms with E-state index in [1.54, 1.807) is 0 Å². The second kappa shape index (κ2) is 6.84. The maximum atomic E-state index is 11.5. The fraction of sp³-hybridized carbons (Fsp3) is 0.294. The summed E-state index contributed by atoms with van der Waals surface area (Å²) in [4.78, 5) is 11.5. The molecule has 106 valence electrons. The normalized spacial score (nSPS) is 13.2. The van der Waals surface area contributed by atoms with Gasteiger partial charge in [-0.05, 0) is 28.8 Å². The Kier molecular flexibility index (Phi) is 5.12. The van der Waals surface area contributed by atoms with Crippen LogP contribution in [0.4, 0.5) is 0 Å². The Labute approximate surface area is 121 Å². The molecule has 1 atom stereocenters. The Hall–Kier alpha value is -1.42. The van der Waals surface area contributed by atoms with Crippen LogP contribution in [-0.4, -0.2) is 24.8 Å². The molecule has 2 nitrogen and oxygen atoms in total. The third kappa shape index (κ3) is 3.01. The van der Waals surface area contributed by atoms with Crippen molar-refractivity contribution in [2.24, 2.45) is 0 Å². The van der Waals surface area contributed by atoms with Gasteiger partial charge in [0.05, 0.1) is 0 Å². The summed E-state index contributed by atoms with van der Waals surface area (Å²) in [5.41, 5.74) is 0.166. The topological polar surface area (TPSA) is 40.5 Å². The number of rotatable bonds is 6. The number of hydrogen-bond donors (Lipinski definition) is 2. The molecule has 1 unspecified atom stereocenters. The molecular formula is C17H22O2Si. The minimum absolute atomic E-state index is 0.166. The third-order valence-corrected chi connectivity index (χ3v) is 8.08. The molecule has 0 spiro atoms. The van der Waals surface area contributed by atoms with Crippen LogP contribution in [0.15, 0.2) is 60.7 Å². The van der Waals surface area contributed by atoms with Crippen LogP contribution in [0.1, 0.15) is 19.8 Å². The van der Waals surface area contributed by atoms with Gasteiger partial charge in [0.15, 0.2) is 0 Å². The summed E-state index contributed by atoms with van der Waals surface area (Å²) in [5.74, 6) is 0. The van der Waals surface area contributed by atoms with Crippen molar-refractivity contribution in [3.63, 3.8) is 0 Å². The molecule has 20 heavy (non-hydrogen) atoms. The van der Waals surface area contributed by atoms with Crippen LogP contribution < -0.4 is 10.4 Å². The fourth-order valence-corrected chi connectivity index (χ4v) is 6.22. The Morgan fingerprint density at radius 3 is 1.75 bits per heavy atom. The molecular weight excluding hydrogens is 264 g/mol. The zero-order valence-electron chi connectivity index (χ0n) is 11.9. The first-order chi connectivity index (χ1) is 9.69. The van der Waals surface area contributed by atoms with Crippen molar-refractivity contribution in [3.8, 4) is 0 Å². The number of benzene rings is 2.